The van der Waals surface area contributed by atoms with Crippen LogP contribution in [0.5, 0.6) is 0 Å². The second kappa shape index (κ2) is 4.44. The van der Waals surface area contributed by atoms with Crippen molar-refractivity contribution in [3.63, 3.8) is 0 Å². The summed E-state index contributed by atoms with van der Waals surface area (Å²) in [6.07, 6.45) is 8.59. The lowest BCUT2D eigenvalue weighted by Gasteiger charge is -2.38. The maximum Gasteiger partial charge on any atom is 0.0473 e. The van der Waals surface area contributed by atoms with Gasteiger partial charge in [-0.05, 0) is 50.9 Å². The van der Waals surface area contributed by atoms with Gasteiger partial charge in [-0.1, -0.05) is 6.42 Å². The Kier molecular flexibility index (Phi) is 2.95. The molecule has 0 radical (unpaired) electrons. The third-order valence-corrected chi connectivity index (χ3v) is 6.51. The molecule has 3 heteroatoms. The van der Waals surface area contributed by atoms with Crippen LogP contribution in [-0.2, 0) is 0 Å². The molecular weight excluding hydrogens is 234 g/mol. The minimum Gasteiger partial charge on any atom is -0.329 e. The van der Waals surface area contributed by atoms with Crippen molar-refractivity contribution < 1.29 is 0 Å². The van der Waals surface area contributed by atoms with Crippen molar-refractivity contribution >= 4 is 0 Å². The Labute approximate surface area is 117 Å². The van der Waals surface area contributed by atoms with Gasteiger partial charge in [0.2, 0.25) is 0 Å². The molecule has 2 saturated heterocycles. The summed E-state index contributed by atoms with van der Waals surface area (Å²) in [5.41, 5.74) is 6.59. The van der Waals surface area contributed by atoms with Crippen molar-refractivity contribution in [3.05, 3.63) is 0 Å². The molecule has 4 fully saturated rings. The molecule has 4 unspecified atom stereocenters. The Hall–Kier alpha value is -0.120. The predicted molar refractivity (Wildman–Crippen MR) is 78.0 cm³/mol. The predicted octanol–water partition coefficient (Wildman–Crippen LogP) is 1.67. The highest BCUT2D eigenvalue weighted by atomic mass is 15.3. The van der Waals surface area contributed by atoms with E-state index in [9.17, 15) is 0 Å². The number of rotatable bonds is 3. The zero-order valence-electron chi connectivity index (χ0n) is 12.4. The van der Waals surface area contributed by atoms with Crippen molar-refractivity contribution in [2.45, 2.75) is 63.1 Å². The molecule has 0 aromatic rings. The molecular formula is C16H29N3. The molecule has 2 N–H and O–H groups in total. The fourth-order valence-electron chi connectivity index (χ4n) is 5.25. The molecule has 4 atom stereocenters. The lowest BCUT2D eigenvalue weighted by molar-refractivity contribution is 0.116. The highest BCUT2D eigenvalue weighted by Gasteiger charge is 2.52. The Morgan fingerprint density at radius 2 is 1.79 bits per heavy atom. The van der Waals surface area contributed by atoms with Gasteiger partial charge in [-0.15, -0.1) is 0 Å². The smallest absolute Gasteiger partial charge is 0.0473 e. The molecule has 4 aliphatic rings. The van der Waals surface area contributed by atoms with E-state index < -0.39 is 0 Å². The largest absolute Gasteiger partial charge is 0.329 e. The van der Waals surface area contributed by atoms with E-state index in [1.165, 1.54) is 58.2 Å². The van der Waals surface area contributed by atoms with Crippen LogP contribution in [0.25, 0.3) is 0 Å². The van der Waals surface area contributed by atoms with Gasteiger partial charge in [0.05, 0.1) is 0 Å². The van der Waals surface area contributed by atoms with E-state index in [0.717, 1.165) is 30.5 Å². The van der Waals surface area contributed by atoms with Crippen LogP contribution in [0.4, 0.5) is 0 Å². The van der Waals surface area contributed by atoms with E-state index in [4.69, 9.17) is 5.73 Å². The molecule has 0 spiro atoms. The second-order valence-electron chi connectivity index (χ2n) is 7.74. The van der Waals surface area contributed by atoms with Crippen LogP contribution in [0.1, 0.15) is 45.4 Å². The molecule has 0 aromatic carbocycles. The highest BCUT2D eigenvalue weighted by Crippen LogP contribution is 2.45. The standard InChI is InChI=1S/C16H29N3/c1-12-7-16(10-17,11-19(12)15-5-6-15)18-8-13-3-2-4-14(13)9-18/h12-15H,2-11,17H2,1H3. The maximum atomic E-state index is 6.28. The topological polar surface area (TPSA) is 32.5 Å². The van der Waals surface area contributed by atoms with Gasteiger partial charge in [0.15, 0.2) is 0 Å². The second-order valence-corrected chi connectivity index (χ2v) is 7.74. The van der Waals surface area contributed by atoms with Gasteiger partial charge >= 0.3 is 0 Å². The van der Waals surface area contributed by atoms with Crippen LogP contribution < -0.4 is 5.73 Å². The zero-order valence-corrected chi connectivity index (χ0v) is 12.4. The molecule has 108 valence electrons. The molecule has 3 nitrogen and oxygen atoms in total. The van der Waals surface area contributed by atoms with Crippen molar-refractivity contribution in [1.29, 1.82) is 0 Å². The molecule has 2 aliphatic heterocycles. The Balaban J connectivity index is 1.51. The number of nitrogens with two attached hydrogens (primary N) is 1. The first-order valence-electron chi connectivity index (χ1n) is 8.43. The van der Waals surface area contributed by atoms with Crippen molar-refractivity contribution in [2.24, 2.45) is 17.6 Å². The van der Waals surface area contributed by atoms with E-state index in [1.807, 2.05) is 0 Å². The van der Waals surface area contributed by atoms with Crippen LogP contribution in [-0.4, -0.2) is 53.6 Å². The van der Waals surface area contributed by atoms with Gasteiger partial charge in [0, 0.05) is 43.8 Å². The summed E-state index contributed by atoms with van der Waals surface area (Å²) in [4.78, 5) is 5.57. The Morgan fingerprint density at radius 3 is 2.37 bits per heavy atom. The number of fused-ring (bicyclic) bond motifs is 1. The van der Waals surface area contributed by atoms with E-state index in [1.54, 1.807) is 0 Å². The SMILES string of the molecule is CC1CC(CN)(N2CC3CCCC3C2)CN1C1CC1. The van der Waals surface area contributed by atoms with Gasteiger partial charge in [0.1, 0.15) is 0 Å². The lowest BCUT2D eigenvalue weighted by Crippen LogP contribution is -2.55. The molecule has 19 heavy (non-hydrogen) atoms. The number of hydrogen-bond donors (Lipinski definition) is 1. The fourth-order valence-corrected chi connectivity index (χ4v) is 5.25. The fraction of sp³-hybridized carbons (Fsp3) is 1.00. The van der Waals surface area contributed by atoms with Crippen LogP contribution in [0, 0.1) is 11.8 Å². The zero-order chi connectivity index (χ0) is 13.0. The van der Waals surface area contributed by atoms with Gasteiger partial charge in [-0.25, -0.2) is 0 Å². The van der Waals surface area contributed by atoms with Gasteiger partial charge in [0.25, 0.3) is 0 Å². The summed E-state index contributed by atoms with van der Waals surface area (Å²) in [5.74, 6) is 1.99. The summed E-state index contributed by atoms with van der Waals surface area (Å²) >= 11 is 0. The van der Waals surface area contributed by atoms with Crippen LogP contribution in [0.2, 0.25) is 0 Å². The molecule has 4 rings (SSSR count). The van der Waals surface area contributed by atoms with E-state index in [2.05, 4.69) is 16.7 Å². The molecule has 2 saturated carbocycles. The van der Waals surface area contributed by atoms with Crippen LogP contribution in [0.15, 0.2) is 0 Å². The number of likely N-dealkylation sites (tertiary alicyclic amines) is 2. The van der Waals surface area contributed by atoms with Gasteiger partial charge in [-0.2, -0.15) is 0 Å². The monoisotopic (exact) mass is 263 g/mol. The molecule has 0 aromatic heterocycles. The molecule has 2 heterocycles. The first-order chi connectivity index (χ1) is 9.22. The summed E-state index contributed by atoms with van der Waals surface area (Å²) in [7, 11) is 0. The van der Waals surface area contributed by atoms with Crippen molar-refractivity contribution in [3.8, 4) is 0 Å². The third-order valence-electron chi connectivity index (χ3n) is 6.51. The Bertz CT molecular complexity index is 342. The minimum absolute atomic E-state index is 0.312. The first kappa shape index (κ1) is 12.6. The average molecular weight is 263 g/mol. The normalized spacial score (nSPS) is 48.0. The van der Waals surface area contributed by atoms with E-state index in [-0.39, 0.29) is 0 Å². The highest BCUT2D eigenvalue weighted by molar-refractivity contribution is 5.09. The number of hydrogen-bond acceptors (Lipinski definition) is 3. The third kappa shape index (κ3) is 1.97. The van der Waals surface area contributed by atoms with Crippen LogP contribution in [0.3, 0.4) is 0 Å². The van der Waals surface area contributed by atoms with Crippen molar-refractivity contribution in [1.82, 2.24) is 9.80 Å². The average Bonchev–Trinajstić information content (AvgIpc) is 2.84. The summed E-state index contributed by atoms with van der Waals surface area (Å²) in [6, 6.07) is 1.64. The quantitative estimate of drug-likeness (QED) is 0.841. The van der Waals surface area contributed by atoms with Gasteiger partial charge in [-0.3, -0.25) is 9.80 Å². The molecule has 2 aliphatic carbocycles. The molecule has 0 amide bonds. The summed E-state index contributed by atoms with van der Waals surface area (Å²) < 4.78 is 0. The van der Waals surface area contributed by atoms with E-state index in [0.29, 0.717) is 5.54 Å². The Morgan fingerprint density at radius 1 is 1.11 bits per heavy atom. The van der Waals surface area contributed by atoms with Crippen molar-refractivity contribution in [2.75, 3.05) is 26.2 Å². The lowest BCUT2D eigenvalue weighted by atomic mass is 9.94. The summed E-state index contributed by atoms with van der Waals surface area (Å²) in [5, 5.41) is 0. The van der Waals surface area contributed by atoms with E-state index >= 15 is 0 Å². The van der Waals surface area contributed by atoms with Crippen LogP contribution >= 0.6 is 0 Å². The maximum absolute atomic E-state index is 6.28. The number of nitrogens with zero attached hydrogens (tertiary/aromatic N) is 2. The minimum atomic E-state index is 0.312. The first-order valence-corrected chi connectivity index (χ1v) is 8.43. The summed E-state index contributed by atoms with van der Waals surface area (Å²) in [6.45, 7) is 7.21. The van der Waals surface area contributed by atoms with Gasteiger partial charge < -0.3 is 5.73 Å². The molecule has 0 bridgehead atoms.